The van der Waals surface area contributed by atoms with Crippen molar-refractivity contribution >= 4 is 22.5 Å². The third-order valence-electron chi connectivity index (χ3n) is 2.37. The quantitative estimate of drug-likeness (QED) is 0.683. The van der Waals surface area contributed by atoms with E-state index in [0.29, 0.717) is 0 Å². The Morgan fingerprint density at radius 3 is 2.94 bits per heavy atom. The van der Waals surface area contributed by atoms with Crippen molar-refractivity contribution in [3.05, 3.63) is 48.9 Å². The van der Waals surface area contributed by atoms with E-state index in [4.69, 9.17) is 0 Å². The van der Waals surface area contributed by atoms with Gasteiger partial charge in [0, 0.05) is 29.7 Å². The number of imidazole rings is 1. The molecule has 0 saturated carbocycles. The van der Waals surface area contributed by atoms with Crippen LogP contribution in [0.4, 0.5) is 11.6 Å². The summed E-state index contributed by atoms with van der Waals surface area (Å²) in [5, 5.41) is 4.30. The molecule has 4 heteroatoms. The zero-order valence-corrected chi connectivity index (χ0v) is 8.51. The number of hydrogen-bond acceptors (Lipinski definition) is 3. The van der Waals surface area contributed by atoms with Crippen molar-refractivity contribution < 1.29 is 0 Å². The van der Waals surface area contributed by atoms with Crippen molar-refractivity contribution in [2.24, 2.45) is 0 Å². The molecular formula is C12H10N4. The number of H-pyrrole nitrogens is 1. The highest BCUT2D eigenvalue weighted by Gasteiger charge is 1.98. The normalized spacial score (nSPS) is 10.5. The van der Waals surface area contributed by atoms with E-state index in [2.05, 4.69) is 20.3 Å². The van der Waals surface area contributed by atoms with Gasteiger partial charge in [0.25, 0.3) is 0 Å². The molecule has 0 spiro atoms. The first-order valence-electron chi connectivity index (χ1n) is 5.03. The van der Waals surface area contributed by atoms with Crippen molar-refractivity contribution in [1.29, 1.82) is 0 Å². The van der Waals surface area contributed by atoms with Gasteiger partial charge in [-0.25, -0.2) is 4.98 Å². The molecule has 0 saturated heterocycles. The Hall–Kier alpha value is -2.36. The molecule has 0 unspecified atom stereocenters. The van der Waals surface area contributed by atoms with Crippen LogP contribution in [0.5, 0.6) is 0 Å². The third-order valence-corrected chi connectivity index (χ3v) is 2.37. The number of hydrogen-bond donors (Lipinski definition) is 2. The average Bonchev–Trinajstić information content (AvgIpc) is 2.82. The van der Waals surface area contributed by atoms with E-state index < -0.39 is 0 Å². The molecular weight excluding hydrogens is 200 g/mol. The molecule has 1 aromatic carbocycles. The number of aromatic amines is 1. The van der Waals surface area contributed by atoms with Crippen molar-refractivity contribution in [2.45, 2.75) is 0 Å². The first kappa shape index (κ1) is 8.91. The summed E-state index contributed by atoms with van der Waals surface area (Å²) in [5.74, 6) is 0.732. The Morgan fingerprint density at radius 2 is 2.06 bits per heavy atom. The molecule has 2 heterocycles. The minimum Gasteiger partial charge on any atom is -0.331 e. The molecule has 0 amide bonds. The highest BCUT2D eigenvalue weighted by Crippen LogP contribution is 2.18. The van der Waals surface area contributed by atoms with Crippen molar-refractivity contribution in [3.8, 4) is 0 Å². The van der Waals surface area contributed by atoms with E-state index in [0.717, 1.165) is 22.5 Å². The fourth-order valence-electron chi connectivity index (χ4n) is 1.61. The van der Waals surface area contributed by atoms with Crippen molar-refractivity contribution in [3.63, 3.8) is 0 Å². The highest BCUT2D eigenvalue weighted by molar-refractivity contribution is 5.82. The maximum atomic E-state index is 4.30. The SMILES string of the molecule is c1cnc2cc(Nc3ncc[nH]3)ccc2c1. The molecule has 16 heavy (non-hydrogen) atoms. The van der Waals surface area contributed by atoms with Gasteiger partial charge in [0.15, 0.2) is 0 Å². The monoisotopic (exact) mass is 210 g/mol. The molecule has 0 aliphatic rings. The van der Waals surface area contributed by atoms with Crippen molar-refractivity contribution in [1.82, 2.24) is 15.0 Å². The average molecular weight is 210 g/mol. The molecule has 0 aliphatic carbocycles. The Morgan fingerprint density at radius 1 is 1.06 bits per heavy atom. The topological polar surface area (TPSA) is 53.6 Å². The van der Waals surface area contributed by atoms with Gasteiger partial charge in [-0.05, 0) is 18.2 Å². The Kier molecular flexibility index (Phi) is 2.04. The van der Waals surface area contributed by atoms with Crippen LogP contribution in [0, 0.1) is 0 Å². The smallest absolute Gasteiger partial charge is 0.204 e. The number of aromatic nitrogens is 3. The number of anilines is 2. The van der Waals surface area contributed by atoms with Crippen LogP contribution in [0.15, 0.2) is 48.9 Å². The number of rotatable bonds is 2. The van der Waals surface area contributed by atoms with Gasteiger partial charge >= 0.3 is 0 Å². The summed E-state index contributed by atoms with van der Waals surface area (Å²) in [6, 6.07) is 10.0. The molecule has 0 atom stereocenters. The van der Waals surface area contributed by atoms with E-state index in [9.17, 15) is 0 Å². The van der Waals surface area contributed by atoms with Gasteiger partial charge in [-0.1, -0.05) is 12.1 Å². The maximum absolute atomic E-state index is 4.30. The lowest BCUT2D eigenvalue weighted by Crippen LogP contribution is -1.92. The number of nitrogens with zero attached hydrogens (tertiary/aromatic N) is 2. The second-order valence-electron chi connectivity index (χ2n) is 3.47. The van der Waals surface area contributed by atoms with Gasteiger partial charge in [0.05, 0.1) is 5.52 Å². The largest absolute Gasteiger partial charge is 0.331 e. The molecule has 4 nitrogen and oxygen atoms in total. The summed E-state index contributed by atoms with van der Waals surface area (Å²) in [7, 11) is 0. The Bertz CT molecular complexity index is 601. The predicted molar refractivity (Wildman–Crippen MR) is 63.6 cm³/mol. The molecule has 2 aromatic heterocycles. The summed E-state index contributed by atoms with van der Waals surface area (Å²) in [4.78, 5) is 11.4. The summed E-state index contributed by atoms with van der Waals surface area (Å²) < 4.78 is 0. The lowest BCUT2D eigenvalue weighted by atomic mass is 10.2. The second-order valence-corrected chi connectivity index (χ2v) is 3.47. The van der Waals surface area contributed by atoms with Crippen LogP contribution < -0.4 is 5.32 Å². The van der Waals surface area contributed by atoms with E-state index in [1.165, 1.54) is 0 Å². The standard InChI is InChI=1S/C12H10N4/c1-2-9-3-4-10(8-11(9)13-5-1)16-12-14-6-7-15-12/h1-8H,(H2,14,15,16). The lowest BCUT2D eigenvalue weighted by molar-refractivity contribution is 1.29. The van der Waals surface area contributed by atoms with Crippen molar-refractivity contribution in [2.75, 3.05) is 5.32 Å². The zero-order chi connectivity index (χ0) is 10.8. The van der Waals surface area contributed by atoms with E-state index >= 15 is 0 Å². The number of fused-ring (bicyclic) bond motifs is 1. The summed E-state index contributed by atoms with van der Waals surface area (Å²) in [5.41, 5.74) is 1.94. The Labute approximate surface area is 92.4 Å². The maximum Gasteiger partial charge on any atom is 0.204 e. The zero-order valence-electron chi connectivity index (χ0n) is 8.51. The number of benzene rings is 1. The van der Waals surface area contributed by atoms with Crippen LogP contribution >= 0.6 is 0 Å². The van der Waals surface area contributed by atoms with Gasteiger partial charge in [0.1, 0.15) is 0 Å². The van der Waals surface area contributed by atoms with Crippen LogP contribution in [0.1, 0.15) is 0 Å². The first-order valence-corrected chi connectivity index (χ1v) is 5.03. The molecule has 0 bridgehead atoms. The van der Waals surface area contributed by atoms with Crippen LogP contribution in [-0.2, 0) is 0 Å². The van der Waals surface area contributed by atoms with Crippen LogP contribution in [0.2, 0.25) is 0 Å². The minimum atomic E-state index is 0.732. The Balaban J connectivity index is 1.99. The van der Waals surface area contributed by atoms with Gasteiger partial charge < -0.3 is 10.3 Å². The number of pyridine rings is 1. The summed E-state index contributed by atoms with van der Waals surface area (Å²) >= 11 is 0. The van der Waals surface area contributed by atoms with E-state index in [1.54, 1.807) is 18.6 Å². The lowest BCUT2D eigenvalue weighted by Gasteiger charge is -2.03. The molecule has 78 valence electrons. The summed E-state index contributed by atoms with van der Waals surface area (Å²) in [6.07, 6.45) is 5.28. The highest BCUT2D eigenvalue weighted by atomic mass is 15.1. The predicted octanol–water partition coefficient (Wildman–Crippen LogP) is 2.70. The molecule has 2 N–H and O–H groups in total. The number of nitrogens with one attached hydrogen (secondary N) is 2. The molecule has 0 aliphatic heterocycles. The first-order chi connectivity index (χ1) is 7.92. The van der Waals surface area contributed by atoms with Crippen LogP contribution in [0.25, 0.3) is 10.9 Å². The van der Waals surface area contributed by atoms with Crippen LogP contribution in [-0.4, -0.2) is 15.0 Å². The molecule has 3 aromatic rings. The fourth-order valence-corrected chi connectivity index (χ4v) is 1.61. The summed E-state index contributed by atoms with van der Waals surface area (Å²) in [6.45, 7) is 0. The van der Waals surface area contributed by atoms with E-state index in [1.807, 2.05) is 30.3 Å². The third kappa shape index (κ3) is 1.61. The minimum absolute atomic E-state index is 0.732. The molecule has 3 rings (SSSR count). The van der Waals surface area contributed by atoms with E-state index in [-0.39, 0.29) is 0 Å². The van der Waals surface area contributed by atoms with Gasteiger partial charge in [-0.2, -0.15) is 0 Å². The fraction of sp³-hybridized carbons (Fsp3) is 0. The molecule has 0 fully saturated rings. The molecule has 0 radical (unpaired) electrons. The van der Waals surface area contributed by atoms with Gasteiger partial charge in [-0.15, -0.1) is 0 Å². The van der Waals surface area contributed by atoms with Gasteiger partial charge in [0.2, 0.25) is 5.95 Å². The van der Waals surface area contributed by atoms with Crippen LogP contribution in [0.3, 0.4) is 0 Å². The second kappa shape index (κ2) is 3.66. The van der Waals surface area contributed by atoms with Gasteiger partial charge in [-0.3, -0.25) is 4.98 Å².